The number of primary amides is 1. The highest BCUT2D eigenvalue weighted by Crippen LogP contribution is 2.38. The molecule has 1 aliphatic carbocycles. The Labute approximate surface area is 165 Å². The third kappa shape index (κ3) is 3.65. The van der Waals surface area contributed by atoms with E-state index in [2.05, 4.69) is 10.6 Å². The Hall–Kier alpha value is -3.07. The minimum Gasteiger partial charge on any atom is -0.484 e. The van der Waals surface area contributed by atoms with Gasteiger partial charge in [0.05, 0.1) is 11.3 Å². The molecule has 1 aromatic heterocycles. The van der Waals surface area contributed by atoms with Gasteiger partial charge in [-0.1, -0.05) is 0 Å². The molecule has 146 valence electrons. The van der Waals surface area contributed by atoms with Crippen molar-refractivity contribution in [3.05, 3.63) is 34.2 Å². The van der Waals surface area contributed by atoms with Crippen LogP contribution in [0.4, 0.5) is 10.7 Å². The van der Waals surface area contributed by atoms with Gasteiger partial charge in [0, 0.05) is 10.9 Å². The van der Waals surface area contributed by atoms with Crippen LogP contribution in [-0.4, -0.2) is 30.9 Å². The predicted octanol–water partition coefficient (Wildman–Crippen LogP) is 2.07. The Bertz CT molecular complexity index is 969. The monoisotopic (exact) mass is 401 g/mol. The van der Waals surface area contributed by atoms with Crippen LogP contribution in [0, 0.1) is 0 Å². The Balaban J connectivity index is 1.43. The number of hydrogen-bond acceptors (Lipinski definition) is 6. The molecule has 0 bridgehead atoms. The molecule has 2 aliphatic rings. The summed E-state index contributed by atoms with van der Waals surface area (Å²) in [5, 5.41) is 5.91. The summed E-state index contributed by atoms with van der Waals surface area (Å²) in [5.41, 5.74) is 7.42. The van der Waals surface area contributed by atoms with Gasteiger partial charge in [0.1, 0.15) is 16.5 Å². The van der Waals surface area contributed by atoms with Crippen LogP contribution in [0.15, 0.2) is 18.2 Å². The molecule has 2 heterocycles. The fourth-order valence-electron chi connectivity index (χ4n) is 3.38. The third-order valence-corrected chi connectivity index (χ3v) is 5.83. The summed E-state index contributed by atoms with van der Waals surface area (Å²) in [6, 6.07) is 4.92. The van der Waals surface area contributed by atoms with E-state index < -0.39 is 5.91 Å². The average Bonchev–Trinajstić information content (AvgIpc) is 3.03. The van der Waals surface area contributed by atoms with Crippen LogP contribution in [0.1, 0.15) is 33.6 Å². The van der Waals surface area contributed by atoms with Crippen molar-refractivity contribution in [2.75, 3.05) is 23.8 Å². The third-order valence-electron chi connectivity index (χ3n) is 4.62. The topological polar surface area (TPSA) is 120 Å². The number of thiophene rings is 1. The number of anilines is 2. The number of fused-ring (bicyclic) bond motifs is 2. The van der Waals surface area contributed by atoms with Crippen molar-refractivity contribution in [3.8, 4) is 11.5 Å². The van der Waals surface area contributed by atoms with Crippen LogP contribution < -0.4 is 25.8 Å². The minimum atomic E-state index is -0.527. The maximum absolute atomic E-state index is 12.3. The molecule has 0 atom stereocenters. The molecular formula is C19H19N3O5S. The van der Waals surface area contributed by atoms with Crippen molar-refractivity contribution in [2.24, 2.45) is 5.73 Å². The molecule has 1 aromatic carbocycles. The second-order valence-corrected chi connectivity index (χ2v) is 7.72. The van der Waals surface area contributed by atoms with Gasteiger partial charge in [-0.15, -0.1) is 11.3 Å². The van der Waals surface area contributed by atoms with Crippen molar-refractivity contribution in [1.29, 1.82) is 0 Å². The summed E-state index contributed by atoms with van der Waals surface area (Å²) in [4.78, 5) is 36.7. The van der Waals surface area contributed by atoms with Crippen molar-refractivity contribution in [2.45, 2.75) is 25.7 Å². The van der Waals surface area contributed by atoms with E-state index in [1.165, 1.54) is 11.3 Å². The van der Waals surface area contributed by atoms with Gasteiger partial charge in [-0.2, -0.15) is 0 Å². The van der Waals surface area contributed by atoms with E-state index in [1.54, 1.807) is 18.2 Å². The fraction of sp³-hybridized carbons (Fsp3) is 0.316. The molecule has 28 heavy (non-hydrogen) atoms. The molecule has 9 heteroatoms. The molecule has 0 spiro atoms. The first-order valence-corrected chi connectivity index (χ1v) is 9.76. The average molecular weight is 401 g/mol. The highest BCUT2D eigenvalue weighted by Gasteiger charge is 2.25. The Morgan fingerprint density at radius 2 is 2.11 bits per heavy atom. The van der Waals surface area contributed by atoms with E-state index in [1.807, 2.05) is 0 Å². The van der Waals surface area contributed by atoms with E-state index in [4.69, 9.17) is 15.2 Å². The quantitative estimate of drug-likeness (QED) is 0.708. The van der Waals surface area contributed by atoms with Crippen molar-refractivity contribution in [1.82, 2.24) is 0 Å². The van der Waals surface area contributed by atoms with Crippen LogP contribution in [-0.2, 0) is 22.4 Å². The van der Waals surface area contributed by atoms with Gasteiger partial charge in [-0.25, -0.2) is 0 Å². The summed E-state index contributed by atoms with van der Waals surface area (Å²) >= 11 is 1.41. The van der Waals surface area contributed by atoms with E-state index in [0.717, 1.165) is 36.1 Å². The number of benzene rings is 1. The summed E-state index contributed by atoms with van der Waals surface area (Å²) in [6.45, 7) is -0.267. The number of nitrogens with one attached hydrogen (secondary N) is 2. The maximum atomic E-state index is 12.3. The van der Waals surface area contributed by atoms with Crippen LogP contribution in [0.5, 0.6) is 11.5 Å². The van der Waals surface area contributed by atoms with Crippen LogP contribution in [0.2, 0.25) is 0 Å². The molecule has 0 saturated heterocycles. The SMILES string of the molecule is NC(=O)c1c(NC(=O)COc2ccc3c(c2)NC(=O)CO3)sc2c1CCCC2. The van der Waals surface area contributed by atoms with Gasteiger partial charge in [0.15, 0.2) is 13.2 Å². The number of carbonyl (C=O) groups is 3. The molecule has 0 fully saturated rings. The summed E-state index contributed by atoms with van der Waals surface area (Å²) in [6.07, 6.45) is 3.79. The van der Waals surface area contributed by atoms with Gasteiger partial charge in [0.25, 0.3) is 17.7 Å². The molecule has 3 amide bonds. The zero-order valence-corrected chi connectivity index (χ0v) is 15.8. The van der Waals surface area contributed by atoms with Gasteiger partial charge in [-0.3, -0.25) is 14.4 Å². The Kier molecular flexibility index (Phi) is 4.91. The van der Waals surface area contributed by atoms with Crippen molar-refractivity contribution in [3.63, 3.8) is 0 Å². The predicted molar refractivity (Wildman–Crippen MR) is 104 cm³/mol. The van der Waals surface area contributed by atoms with Crippen molar-refractivity contribution >= 4 is 39.7 Å². The molecule has 2 aromatic rings. The number of ether oxygens (including phenoxy) is 2. The molecule has 0 saturated carbocycles. The highest BCUT2D eigenvalue weighted by atomic mass is 32.1. The Morgan fingerprint density at radius 1 is 1.29 bits per heavy atom. The zero-order chi connectivity index (χ0) is 19.7. The first kappa shape index (κ1) is 18.3. The number of nitrogens with two attached hydrogens (primary N) is 1. The fourth-order valence-corrected chi connectivity index (χ4v) is 4.69. The number of carbonyl (C=O) groups excluding carboxylic acids is 3. The number of rotatable bonds is 5. The maximum Gasteiger partial charge on any atom is 0.262 e. The summed E-state index contributed by atoms with van der Waals surface area (Å²) < 4.78 is 10.8. The second kappa shape index (κ2) is 7.51. The van der Waals surface area contributed by atoms with Crippen LogP contribution in [0.25, 0.3) is 0 Å². The van der Waals surface area contributed by atoms with E-state index in [-0.39, 0.29) is 25.0 Å². The number of amides is 3. The summed E-state index contributed by atoms with van der Waals surface area (Å²) in [7, 11) is 0. The molecule has 4 rings (SSSR count). The minimum absolute atomic E-state index is 0.0252. The smallest absolute Gasteiger partial charge is 0.262 e. The van der Waals surface area contributed by atoms with Crippen molar-refractivity contribution < 1.29 is 23.9 Å². The first-order chi connectivity index (χ1) is 13.5. The first-order valence-electron chi connectivity index (χ1n) is 8.95. The van der Waals surface area contributed by atoms with E-state index in [0.29, 0.717) is 27.8 Å². The lowest BCUT2D eigenvalue weighted by Gasteiger charge is -2.18. The van der Waals surface area contributed by atoms with Gasteiger partial charge in [0.2, 0.25) is 0 Å². The van der Waals surface area contributed by atoms with E-state index >= 15 is 0 Å². The lowest BCUT2D eigenvalue weighted by atomic mass is 9.95. The molecule has 0 unspecified atom stereocenters. The normalized spacial score (nSPS) is 14.9. The second-order valence-electron chi connectivity index (χ2n) is 6.61. The summed E-state index contributed by atoms with van der Waals surface area (Å²) in [5.74, 6) is -0.199. The van der Waals surface area contributed by atoms with Gasteiger partial charge >= 0.3 is 0 Å². The van der Waals surface area contributed by atoms with Crippen LogP contribution in [0.3, 0.4) is 0 Å². The standard InChI is InChI=1S/C19H19N3O5S/c20-18(25)17-11-3-1-2-4-14(11)28-19(17)22-16(24)8-26-10-5-6-13-12(7-10)21-15(23)9-27-13/h5-7H,1-4,8-9H2,(H2,20,25)(H,21,23)(H,22,24). The molecule has 8 nitrogen and oxygen atoms in total. The number of aryl methyl sites for hydroxylation is 1. The lowest BCUT2D eigenvalue weighted by Crippen LogP contribution is -2.25. The number of hydrogen-bond donors (Lipinski definition) is 3. The molecule has 0 radical (unpaired) electrons. The van der Waals surface area contributed by atoms with Crippen LogP contribution >= 0.6 is 11.3 Å². The zero-order valence-electron chi connectivity index (χ0n) is 15.0. The van der Waals surface area contributed by atoms with Gasteiger partial charge in [-0.05, 0) is 43.4 Å². The van der Waals surface area contributed by atoms with E-state index in [9.17, 15) is 14.4 Å². The highest BCUT2D eigenvalue weighted by molar-refractivity contribution is 7.17. The molecule has 4 N–H and O–H groups in total. The van der Waals surface area contributed by atoms with Gasteiger partial charge < -0.3 is 25.8 Å². The Morgan fingerprint density at radius 3 is 2.93 bits per heavy atom. The molecule has 1 aliphatic heterocycles. The largest absolute Gasteiger partial charge is 0.484 e. The lowest BCUT2D eigenvalue weighted by molar-refractivity contribution is -0.119. The molecular weight excluding hydrogens is 382 g/mol.